The number of aryl methyl sites for hydroxylation is 2. The van der Waals surface area contributed by atoms with E-state index in [9.17, 15) is 0 Å². The highest BCUT2D eigenvalue weighted by Gasteiger charge is 2.14. The molecule has 0 aliphatic rings. The molecule has 0 atom stereocenters. The van der Waals surface area contributed by atoms with Gasteiger partial charge in [-0.3, -0.25) is 10.3 Å². The van der Waals surface area contributed by atoms with Crippen molar-refractivity contribution in [2.24, 2.45) is 0 Å². The van der Waals surface area contributed by atoms with Crippen molar-refractivity contribution in [1.29, 1.82) is 0 Å². The van der Waals surface area contributed by atoms with Crippen molar-refractivity contribution in [3.8, 4) is 0 Å². The summed E-state index contributed by atoms with van der Waals surface area (Å²) in [4.78, 5) is 13.8. The van der Waals surface area contributed by atoms with E-state index in [-0.39, 0.29) is 0 Å². The zero-order valence-electron chi connectivity index (χ0n) is 12.7. The number of pyridine rings is 1. The van der Waals surface area contributed by atoms with E-state index in [0.29, 0.717) is 5.82 Å². The maximum absolute atomic E-state index is 6.07. The molecule has 6 heteroatoms. The van der Waals surface area contributed by atoms with Crippen molar-refractivity contribution in [1.82, 2.24) is 20.0 Å². The van der Waals surface area contributed by atoms with E-state index in [0.717, 1.165) is 40.7 Å². The molecule has 6 nitrogen and oxygen atoms in total. The molecule has 3 rings (SSSR count). The van der Waals surface area contributed by atoms with Gasteiger partial charge in [0.15, 0.2) is 5.82 Å². The van der Waals surface area contributed by atoms with Crippen molar-refractivity contribution in [2.75, 3.05) is 12.8 Å². The molecule has 3 aromatic rings. The normalized spacial score (nSPS) is 11.7. The highest BCUT2D eigenvalue weighted by molar-refractivity contribution is 6.06. The van der Waals surface area contributed by atoms with Crippen LogP contribution in [-0.2, 0) is 11.4 Å². The van der Waals surface area contributed by atoms with Crippen molar-refractivity contribution < 1.29 is 4.84 Å². The fraction of sp³-hybridized carbons (Fsp3) is 0.250. The molecule has 0 spiro atoms. The van der Waals surface area contributed by atoms with Crippen molar-refractivity contribution in [3.63, 3.8) is 0 Å². The average Bonchev–Trinajstić information content (AvgIpc) is 2.85. The SMILES string of the molecule is CONC=CCCn1c(C)nc2c(N)nc3ccccc3c21. The first-order valence-electron chi connectivity index (χ1n) is 7.17. The average molecular weight is 297 g/mol. The van der Waals surface area contributed by atoms with Crippen LogP contribution in [0.5, 0.6) is 0 Å². The fourth-order valence-corrected chi connectivity index (χ4v) is 2.65. The monoisotopic (exact) mass is 297 g/mol. The van der Waals surface area contributed by atoms with Gasteiger partial charge in [0.25, 0.3) is 0 Å². The molecule has 1 aromatic carbocycles. The van der Waals surface area contributed by atoms with Gasteiger partial charge >= 0.3 is 0 Å². The van der Waals surface area contributed by atoms with Gasteiger partial charge in [-0.1, -0.05) is 24.3 Å². The highest BCUT2D eigenvalue weighted by Crippen LogP contribution is 2.28. The molecule has 2 heterocycles. The lowest BCUT2D eigenvalue weighted by molar-refractivity contribution is 0.128. The van der Waals surface area contributed by atoms with Gasteiger partial charge in [-0.15, -0.1) is 0 Å². The molecular weight excluding hydrogens is 278 g/mol. The number of anilines is 1. The van der Waals surface area contributed by atoms with Crippen LogP contribution in [0, 0.1) is 6.92 Å². The smallest absolute Gasteiger partial charge is 0.152 e. The van der Waals surface area contributed by atoms with Crippen LogP contribution in [0.4, 0.5) is 5.82 Å². The predicted octanol–water partition coefficient (Wildman–Crippen LogP) is 2.53. The van der Waals surface area contributed by atoms with Crippen molar-refractivity contribution >= 4 is 27.8 Å². The van der Waals surface area contributed by atoms with Crippen LogP contribution in [0.2, 0.25) is 0 Å². The predicted molar refractivity (Wildman–Crippen MR) is 88.1 cm³/mol. The van der Waals surface area contributed by atoms with Gasteiger partial charge < -0.3 is 10.3 Å². The van der Waals surface area contributed by atoms with Gasteiger partial charge in [-0.05, 0) is 19.4 Å². The summed E-state index contributed by atoms with van der Waals surface area (Å²) in [5.74, 6) is 1.42. The molecule has 0 aliphatic carbocycles. The molecule has 0 bridgehead atoms. The van der Waals surface area contributed by atoms with Crippen molar-refractivity contribution in [3.05, 3.63) is 42.4 Å². The third kappa shape index (κ3) is 2.48. The summed E-state index contributed by atoms with van der Waals surface area (Å²) in [6.45, 7) is 2.81. The second-order valence-electron chi connectivity index (χ2n) is 5.04. The summed E-state index contributed by atoms with van der Waals surface area (Å²) >= 11 is 0. The lowest BCUT2D eigenvalue weighted by atomic mass is 10.2. The quantitative estimate of drug-likeness (QED) is 0.708. The first kappa shape index (κ1) is 14.3. The maximum atomic E-state index is 6.07. The van der Waals surface area contributed by atoms with E-state index in [4.69, 9.17) is 10.6 Å². The number of hydrogen-bond acceptors (Lipinski definition) is 5. The van der Waals surface area contributed by atoms with Gasteiger partial charge in [-0.25, -0.2) is 9.97 Å². The topological polar surface area (TPSA) is 78.0 Å². The number of para-hydroxylation sites is 1. The molecule has 0 aliphatic heterocycles. The van der Waals surface area contributed by atoms with E-state index in [1.807, 2.05) is 31.2 Å². The number of hydrogen-bond donors (Lipinski definition) is 2. The third-order valence-corrected chi connectivity index (χ3v) is 3.62. The van der Waals surface area contributed by atoms with Crippen LogP contribution in [0.15, 0.2) is 36.5 Å². The first-order chi connectivity index (χ1) is 10.7. The molecule has 0 fully saturated rings. The molecule has 22 heavy (non-hydrogen) atoms. The summed E-state index contributed by atoms with van der Waals surface area (Å²) < 4.78 is 2.19. The highest BCUT2D eigenvalue weighted by atomic mass is 16.6. The molecule has 0 radical (unpaired) electrons. The molecule has 3 N–H and O–H groups in total. The molecule has 0 saturated carbocycles. The van der Waals surface area contributed by atoms with Crippen LogP contribution in [0.1, 0.15) is 12.2 Å². The number of benzene rings is 1. The maximum Gasteiger partial charge on any atom is 0.152 e. The zero-order valence-corrected chi connectivity index (χ0v) is 12.7. The standard InChI is InChI=1S/C16H19N5O/c1-11-19-14-15(21(11)10-6-5-9-18-22-2)12-7-3-4-8-13(12)20-16(14)17/h3-5,7-9,18H,6,10H2,1-2H3,(H2,17,20). The Labute approximate surface area is 128 Å². The van der Waals surface area contributed by atoms with Crippen LogP contribution in [-0.4, -0.2) is 21.6 Å². The van der Waals surface area contributed by atoms with Crippen LogP contribution in [0.25, 0.3) is 21.9 Å². The molecule has 0 unspecified atom stereocenters. The van der Waals surface area contributed by atoms with E-state index in [1.54, 1.807) is 13.3 Å². The lowest BCUT2D eigenvalue weighted by Gasteiger charge is -2.08. The molecular formula is C16H19N5O. The molecule has 0 saturated heterocycles. The van der Waals surface area contributed by atoms with E-state index >= 15 is 0 Å². The van der Waals surface area contributed by atoms with Gasteiger partial charge in [0, 0.05) is 18.1 Å². The minimum absolute atomic E-state index is 0.479. The molecule has 114 valence electrons. The van der Waals surface area contributed by atoms with Crippen molar-refractivity contribution in [2.45, 2.75) is 19.9 Å². The third-order valence-electron chi connectivity index (χ3n) is 3.62. The van der Waals surface area contributed by atoms with Crippen LogP contribution >= 0.6 is 0 Å². The number of nitrogens with zero attached hydrogens (tertiary/aromatic N) is 3. The summed E-state index contributed by atoms with van der Waals surface area (Å²) in [7, 11) is 1.58. The lowest BCUT2D eigenvalue weighted by Crippen LogP contribution is -2.03. The summed E-state index contributed by atoms with van der Waals surface area (Å²) in [6.07, 6.45) is 4.66. The largest absolute Gasteiger partial charge is 0.382 e. The number of hydroxylamine groups is 1. The number of rotatable bonds is 5. The van der Waals surface area contributed by atoms with E-state index in [2.05, 4.69) is 26.1 Å². The number of imidazole rings is 1. The Kier molecular flexibility index (Phi) is 3.93. The number of allylic oxidation sites excluding steroid dienone is 1. The minimum Gasteiger partial charge on any atom is -0.382 e. The first-order valence-corrected chi connectivity index (χ1v) is 7.17. The second-order valence-corrected chi connectivity index (χ2v) is 5.04. The Balaban J connectivity index is 2.07. The number of fused-ring (bicyclic) bond motifs is 3. The summed E-state index contributed by atoms with van der Waals surface area (Å²) in [5, 5.41) is 1.08. The summed E-state index contributed by atoms with van der Waals surface area (Å²) in [6, 6.07) is 8.01. The Morgan fingerprint density at radius 2 is 2.14 bits per heavy atom. The molecule has 0 amide bonds. The minimum atomic E-state index is 0.479. The number of nitrogens with two attached hydrogens (primary N) is 1. The number of nitrogens with one attached hydrogen (secondary N) is 1. The van der Waals surface area contributed by atoms with Gasteiger partial charge in [0.05, 0.1) is 18.1 Å². The zero-order chi connectivity index (χ0) is 15.5. The number of nitrogen functional groups attached to an aromatic ring is 1. The second kappa shape index (κ2) is 6.03. The van der Waals surface area contributed by atoms with E-state index < -0.39 is 0 Å². The Morgan fingerprint density at radius 1 is 1.32 bits per heavy atom. The fourth-order valence-electron chi connectivity index (χ4n) is 2.65. The Hall–Kier alpha value is -2.60. The Morgan fingerprint density at radius 3 is 2.95 bits per heavy atom. The van der Waals surface area contributed by atoms with Crippen LogP contribution in [0.3, 0.4) is 0 Å². The molecule has 2 aromatic heterocycles. The van der Waals surface area contributed by atoms with Gasteiger partial charge in [-0.2, -0.15) is 0 Å². The van der Waals surface area contributed by atoms with Gasteiger partial charge in [0.1, 0.15) is 11.3 Å². The summed E-state index contributed by atoms with van der Waals surface area (Å²) in [5.41, 5.74) is 11.5. The Bertz CT molecular complexity index is 837. The number of aromatic nitrogens is 3. The van der Waals surface area contributed by atoms with E-state index in [1.165, 1.54) is 0 Å². The van der Waals surface area contributed by atoms with Gasteiger partial charge in [0.2, 0.25) is 0 Å². The van der Waals surface area contributed by atoms with Crippen LogP contribution < -0.4 is 11.2 Å².